The average molecular weight is 495 g/mol. The zero-order chi connectivity index (χ0) is 25.0. The first kappa shape index (κ1) is 26.3. The van der Waals surface area contributed by atoms with Crippen molar-refractivity contribution in [3.05, 3.63) is 45.3 Å². The van der Waals surface area contributed by atoms with Gasteiger partial charge in [-0.15, -0.1) is 0 Å². The quantitative estimate of drug-likeness (QED) is 0.454. The molecule has 0 saturated carbocycles. The summed E-state index contributed by atoms with van der Waals surface area (Å²) in [7, 11) is -4.20. The smallest absolute Gasteiger partial charge is 0.330 e. The van der Waals surface area contributed by atoms with Crippen LogP contribution >= 0.6 is 0 Å². The molecule has 0 spiro atoms. The lowest BCUT2D eigenvalue weighted by Crippen LogP contribution is -2.56. The van der Waals surface area contributed by atoms with Crippen molar-refractivity contribution in [2.75, 3.05) is 6.61 Å². The van der Waals surface area contributed by atoms with E-state index < -0.39 is 39.7 Å². The second kappa shape index (κ2) is 8.44. The molecule has 2 aliphatic rings. The number of H-pyrrole nitrogens is 1. The summed E-state index contributed by atoms with van der Waals surface area (Å²) in [5, 5.41) is 0.0878. The van der Waals surface area contributed by atoms with Crippen molar-refractivity contribution in [1.29, 1.82) is 0 Å². The monoisotopic (exact) mass is 494 g/mol. The Labute approximate surface area is 199 Å². The molecular formula is C24H42N2O5Si2. The van der Waals surface area contributed by atoms with Gasteiger partial charge in [0.2, 0.25) is 0 Å². The van der Waals surface area contributed by atoms with Crippen LogP contribution in [0.1, 0.15) is 54.2 Å². The predicted molar refractivity (Wildman–Crippen MR) is 137 cm³/mol. The standard InChI is InChI=1S/C24H42N2O5Si2/c1-22(2,3)32(7,8)29-16-24-14-11-12-17(19(24)31-33(9,10)23(4,5)6)20(30-24)26-15-13-18(27)25-21(26)28/h11,13-15,17,19-20H,12,16H2,1-10H3,(H,25,27,28)/t17-,19+,20-,24-/m1/s1. The Bertz CT molecular complexity index is 1020. The molecule has 1 saturated heterocycles. The summed E-state index contributed by atoms with van der Waals surface area (Å²) < 4.78 is 21.9. The molecule has 1 aliphatic heterocycles. The van der Waals surface area contributed by atoms with Gasteiger partial charge < -0.3 is 13.6 Å². The maximum absolute atomic E-state index is 12.7. The van der Waals surface area contributed by atoms with Crippen LogP contribution in [0.15, 0.2) is 34.0 Å². The van der Waals surface area contributed by atoms with Crippen molar-refractivity contribution in [3.8, 4) is 0 Å². The van der Waals surface area contributed by atoms with Crippen molar-refractivity contribution in [2.24, 2.45) is 5.92 Å². The molecule has 9 heteroatoms. The van der Waals surface area contributed by atoms with Crippen molar-refractivity contribution in [1.82, 2.24) is 9.55 Å². The van der Waals surface area contributed by atoms with Gasteiger partial charge in [0.15, 0.2) is 16.6 Å². The van der Waals surface area contributed by atoms with E-state index in [9.17, 15) is 9.59 Å². The summed E-state index contributed by atoms with van der Waals surface area (Å²) in [4.78, 5) is 26.7. The lowest BCUT2D eigenvalue weighted by atomic mass is 9.83. The van der Waals surface area contributed by atoms with Gasteiger partial charge in [-0.05, 0) is 42.7 Å². The highest BCUT2D eigenvalue weighted by atomic mass is 28.4. The van der Waals surface area contributed by atoms with Gasteiger partial charge in [-0.2, -0.15) is 0 Å². The van der Waals surface area contributed by atoms with Crippen LogP contribution < -0.4 is 11.2 Å². The molecule has 1 aromatic rings. The highest BCUT2D eigenvalue weighted by molar-refractivity contribution is 6.74. The van der Waals surface area contributed by atoms with Gasteiger partial charge in [-0.25, -0.2) is 4.79 Å². The van der Waals surface area contributed by atoms with Crippen LogP contribution in [0.5, 0.6) is 0 Å². The first-order valence-corrected chi connectivity index (χ1v) is 17.7. The number of nitrogens with zero attached hydrogens (tertiary/aromatic N) is 1. The minimum Gasteiger partial charge on any atom is -0.413 e. The van der Waals surface area contributed by atoms with E-state index in [-0.39, 0.29) is 22.1 Å². The number of rotatable bonds is 6. The lowest BCUT2D eigenvalue weighted by molar-refractivity contribution is -0.0922. The first-order chi connectivity index (χ1) is 14.9. The van der Waals surface area contributed by atoms with Crippen LogP contribution in [0.3, 0.4) is 0 Å². The molecular weight excluding hydrogens is 452 g/mol. The molecule has 3 rings (SSSR count). The number of fused-ring (bicyclic) bond motifs is 2. The van der Waals surface area contributed by atoms with Crippen LogP contribution in [0.4, 0.5) is 0 Å². The minimum absolute atomic E-state index is 0.0272. The second-order valence-corrected chi connectivity index (χ2v) is 22.2. The predicted octanol–water partition coefficient (Wildman–Crippen LogP) is 4.79. The third-order valence-electron chi connectivity index (χ3n) is 8.20. The Balaban J connectivity index is 2.04. The minimum atomic E-state index is -2.15. The van der Waals surface area contributed by atoms with Gasteiger partial charge in [0.05, 0.1) is 12.7 Å². The van der Waals surface area contributed by atoms with E-state index in [4.69, 9.17) is 13.6 Å². The Morgan fingerprint density at radius 3 is 2.24 bits per heavy atom. The lowest BCUT2D eigenvalue weighted by Gasteiger charge is -2.46. The van der Waals surface area contributed by atoms with Crippen LogP contribution in [0.2, 0.25) is 36.3 Å². The number of aromatic amines is 1. The molecule has 1 aromatic heterocycles. The highest BCUT2D eigenvalue weighted by Crippen LogP contribution is 2.52. The van der Waals surface area contributed by atoms with Gasteiger partial charge in [-0.1, -0.05) is 53.7 Å². The fraction of sp³-hybridized carbons (Fsp3) is 0.750. The topological polar surface area (TPSA) is 82.6 Å². The van der Waals surface area contributed by atoms with E-state index >= 15 is 0 Å². The average Bonchev–Trinajstić information content (AvgIpc) is 2.80. The molecule has 1 N–H and O–H groups in total. The van der Waals surface area contributed by atoms with Gasteiger partial charge in [0.1, 0.15) is 11.8 Å². The Hall–Kier alpha value is -1.27. The van der Waals surface area contributed by atoms with Crippen molar-refractivity contribution < 1.29 is 13.6 Å². The number of ether oxygens (including phenoxy) is 1. The summed E-state index contributed by atoms with van der Waals surface area (Å²) in [6.07, 6.45) is 5.70. The van der Waals surface area contributed by atoms with Crippen molar-refractivity contribution in [2.45, 2.75) is 102 Å². The summed E-state index contributed by atoms with van der Waals surface area (Å²) in [5.41, 5.74) is -1.67. The van der Waals surface area contributed by atoms with Gasteiger partial charge in [0, 0.05) is 18.2 Å². The van der Waals surface area contributed by atoms with Crippen LogP contribution in [-0.4, -0.2) is 44.5 Å². The Kier molecular flexibility index (Phi) is 6.74. The number of allylic oxidation sites excluding steroid dienone is 1. The zero-order valence-electron chi connectivity index (χ0n) is 21.9. The Morgan fingerprint density at radius 2 is 1.70 bits per heavy atom. The van der Waals surface area contributed by atoms with E-state index in [1.807, 2.05) is 0 Å². The number of hydrogen-bond acceptors (Lipinski definition) is 5. The van der Waals surface area contributed by atoms with Crippen molar-refractivity contribution >= 4 is 16.6 Å². The van der Waals surface area contributed by atoms with E-state index in [2.05, 4.69) is 84.9 Å². The summed E-state index contributed by atoms with van der Waals surface area (Å²) >= 11 is 0. The molecule has 0 radical (unpaired) electrons. The fourth-order valence-electron chi connectivity index (χ4n) is 3.94. The van der Waals surface area contributed by atoms with E-state index in [1.165, 1.54) is 16.8 Å². The van der Waals surface area contributed by atoms with E-state index in [0.29, 0.717) is 6.61 Å². The number of nitrogens with one attached hydrogen (secondary N) is 1. The molecule has 1 aliphatic carbocycles. The van der Waals surface area contributed by atoms with Crippen molar-refractivity contribution in [3.63, 3.8) is 0 Å². The highest BCUT2D eigenvalue weighted by Gasteiger charge is 2.59. The first-order valence-electron chi connectivity index (χ1n) is 11.9. The van der Waals surface area contributed by atoms with E-state index in [1.54, 1.807) is 0 Å². The largest absolute Gasteiger partial charge is 0.413 e. The maximum atomic E-state index is 12.7. The summed E-state index contributed by atoms with van der Waals surface area (Å²) in [6.45, 7) is 22.7. The number of hydrogen-bond donors (Lipinski definition) is 1. The van der Waals surface area contributed by atoms with Gasteiger partial charge >= 0.3 is 5.69 Å². The Morgan fingerprint density at radius 1 is 1.09 bits per heavy atom. The van der Waals surface area contributed by atoms with Gasteiger partial charge in [-0.3, -0.25) is 14.3 Å². The molecule has 0 aromatic carbocycles. The summed E-state index contributed by atoms with van der Waals surface area (Å²) in [5.74, 6) is -0.0595. The molecule has 2 heterocycles. The van der Waals surface area contributed by atoms with Crippen LogP contribution in [0, 0.1) is 5.92 Å². The molecule has 2 bridgehead atoms. The SMILES string of the molecule is CC(C)(C)[Si](C)(C)OC[C@@]12C=CC[C@@H]([C@H](n3ccc(=O)[nH]c3=O)O1)[C@@H]2O[Si](C)(C)C(C)(C)C. The van der Waals surface area contributed by atoms with Crippen LogP contribution in [0.25, 0.3) is 0 Å². The van der Waals surface area contributed by atoms with Gasteiger partial charge in [0.25, 0.3) is 5.56 Å². The summed E-state index contributed by atoms with van der Waals surface area (Å²) in [6, 6.07) is 1.36. The number of aromatic nitrogens is 2. The molecule has 0 unspecified atom stereocenters. The van der Waals surface area contributed by atoms with E-state index in [0.717, 1.165) is 6.42 Å². The molecule has 1 fully saturated rings. The third-order valence-corrected chi connectivity index (χ3v) is 17.1. The second-order valence-electron chi connectivity index (χ2n) is 12.6. The van der Waals surface area contributed by atoms with Crippen LogP contribution in [-0.2, 0) is 13.6 Å². The normalized spacial score (nSPS) is 28.4. The molecule has 7 nitrogen and oxygen atoms in total. The molecule has 33 heavy (non-hydrogen) atoms. The maximum Gasteiger partial charge on any atom is 0.330 e. The molecule has 4 atom stereocenters. The fourth-order valence-corrected chi connectivity index (χ4v) is 6.32. The third kappa shape index (κ3) is 4.93. The zero-order valence-corrected chi connectivity index (χ0v) is 23.9. The molecule has 0 amide bonds. The molecule has 186 valence electrons.